The molecule has 2 nitrogen and oxygen atoms in total. The molecule has 0 atom stereocenters. The van der Waals surface area contributed by atoms with Crippen molar-refractivity contribution in [2.75, 3.05) is 0 Å². The van der Waals surface area contributed by atoms with Crippen molar-refractivity contribution in [2.45, 2.75) is 116 Å². The molecule has 2 heteroatoms. The summed E-state index contributed by atoms with van der Waals surface area (Å²) in [5.41, 5.74) is 0. The molecule has 0 heterocycles. The van der Waals surface area contributed by atoms with Gasteiger partial charge in [0.25, 0.3) is 0 Å². The Morgan fingerprint density at radius 3 is 1.58 bits per heavy atom. The molecule has 0 N–H and O–H groups in total. The maximum absolute atomic E-state index is 11.1. The zero-order chi connectivity index (χ0) is 18.4. The molecule has 0 spiro atoms. The first kappa shape index (κ1) is 20.2. The lowest BCUT2D eigenvalue weighted by molar-refractivity contribution is -0.148. The summed E-state index contributed by atoms with van der Waals surface area (Å²) in [6, 6.07) is 0. The van der Waals surface area contributed by atoms with Crippen LogP contribution in [0.5, 0.6) is 0 Å². The molecule has 0 saturated heterocycles. The van der Waals surface area contributed by atoms with Crippen LogP contribution in [0.2, 0.25) is 0 Å². The molecule has 3 saturated carbocycles. The van der Waals surface area contributed by atoms with Crippen LogP contribution in [0.4, 0.5) is 0 Å². The van der Waals surface area contributed by atoms with Crippen molar-refractivity contribution in [3.8, 4) is 0 Å². The predicted octanol–water partition coefficient (Wildman–Crippen LogP) is 6.91. The van der Waals surface area contributed by atoms with E-state index in [0.717, 1.165) is 42.4 Å². The number of carbonyl (C=O) groups is 1. The van der Waals surface area contributed by atoms with Gasteiger partial charge >= 0.3 is 5.97 Å². The monoisotopic (exact) mass is 362 g/mol. The lowest BCUT2D eigenvalue weighted by Gasteiger charge is -2.38. The van der Waals surface area contributed by atoms with Gasteiger partial charge in [-0.3, -0.25) is 4.79 Å². The number of hydrogen-bond donors (Lipinski definition) is 0. The molecule has 0 aromatic carbocycles. The highest BCUT2D eigenvalue weighted by atomic mass is 16.5. The Labute approximate surface area is 161 Å². The molecule has 0 unspecified atom stereocenters. The third kappa shape index (κ3) is 5.99. The third-order valence-corrected chi connectivity index (χ3v) is 8.14. The maximum atomic E-state index is 11.1. The lowest BCUT2D eigenvalue weighted by atomic mass is 9.69. The van der Waals surface area contributed by atoms with Crippen molar-refractivity contribution in [3.63, 3.8) is 0 Å². The van der Waals surface area contributed by atoms with Crippen LogP contribution >= 0.6 is 0 Å². The van der Waals surface area contributed by atoms with Crippen molar-refractivity contribution < 1.29 is 9.53 Å². The van der Waals surface area contributed by atoms with Gasteiger partial charge in [0, 0.05) is 6.92 Å². The van der Waals surface area contributed by atoms with Gasteiger partial charge in [-0.25, -0.2) is 0 Å². The highest BCUT2D eigenvalue weighted by Gasteiger charge is 2.32. The van der Waals surface area contributed by atoms with E-state index in [1.165, 1.54) is 83.5 Å². The summed E-state index contributed by atoms with van der Waals surface area (Å²) in [6.07, 6.45) is 21.3. The van der Waals surface area contributed by atoms with Gasteiger partial charge in [0.1, 0.15) is 6.10 Å². The van der Waals surface area contributed by atoms with Crippen molar-refractivity contribution in [1.82, 2.24) is 0 Å². The third-order valence-electron chi connectivity index (χ3n) is 8.14. The summed E-state index contributed by atoms with van der Waals surface area (Å²) in [4.78, 5) is 11.1. The zero-order valence-electron chi connectivity index (χ0n) is 17.4. The summed E-state index contributed by atoms with van der Waals surface area (Å²) in [7, 11) is 0. The van der Waals surface area contributed by atoms with E-state index in [1.54, 1.807) is 6.92 Å². The largest absolute Gasteiger partial charge is 0.463 e. The summed E-state index contributed by atoms with van der Waals surface area (Å²) in [5, 5.41) is 0. The minimum absolute atomic E-state index is 0.0999. The molecule has 0 aromatic heterocycles. The normalized spacial score (nSPS) is 38.7. The second-order valence-electron chi connectivity index (χ2n) is 9.80. The van der Waals surface area contributed by atoms with E-state index < -0.39 is 0 Å². The van der Waals surface area contributed by atoms with Gasteiger partial charge in [0.2, 0.25) is 0 Å². The number of ether oxygens (including phenoxy) is 1. The van der Waals surface area contributed by atoms with E-state index in [-0.39, 0.29) is 12.1 Å². The standard InChI is InChI=1S/C24H42O2/c1-3-19-4-6-20(7-5-19)8-9-21-10-12-22(13-11-21)23-14-16-24(17-15-23)26-18(2)25/h19-24H,3-17H2,1-2H3/t19-,20-,21?,22?,23?,24?. The van der Waals surface area contributed by atoms with Crippen LogP contribution in [-0.4, -0.2) is 12.1 Å². The van der Waals surface area contributed by atoms with Crippen molar-refractivity contribution in [2.24, 2.45) is 29.6 Å². The van der Waals surface area contributed by atoms with Crippen molar-refractivity contribution >= 4 is 5.97 Å². The Bertz CT molecular complexity index is 408. The van der Waals surface area contributed by atoms with Gasteiger partial charge in [-0.2, -0.15) is 0 Å². The smallest absolute Gasteiger partial charge is 0.302 e. The Kier molecular flexibility index (Phi) is 7.88. The van der Waals surface area contributed by atoms with Crippen LogP contribution in [0.1, 0.15) is 110 Å². The molecule has 0 bridgehead atoms. The number of rotatable bonds is 6. The Morgan fingerprint density at radius 1 is 0.692 bits per heavy atom. The SMILES string of the molecule is CC[C@H]1CC[C@H](CCC2CCC(C3CCC(OC(C)=O)CC3)CC2)CC1. The van der Waals surface area contributed by atoms with Gasteiger partial charge in [0.05, 0.1) is 0 Å². The van der Waals surface area contributed by atoms with E-state index in [2.05, 4.69) is 6.92 Å². The van der Waals surface area contributed by atoms with E-state index in [1.807, 2.05) is 0 Å². The quantitative estimate of drug-likeness (QED) is 0.480. The fourth-order valence-electron chi connectivity index (χ4n) is 6.26. The van der Waals surface area contributed by atoms with Crippen LogP contribution in [0, 0.1) is 29.6 Å². The molecule has 3 fully saturated rings. The zero-order valence-corrected chi connectivity index (χ0v) is 17.4. The summed E-state index contributed by atoms with van der Waals surface area (Å²) >= 11 is 0. The molecule has 26 heavy (non-hydrogen) atoms. The highest BCUT2D eigenvalue weighted by molar-refractivity contribution is 5.66. The van der Waals surface area contributed by atoms with Gasteiger partial charge < -0.3 is 4.74 Å². The van der Waals surface area contributed by atoms with Crippen molar-refractivity contribution in [1.29, 1.82) is 0 Å². The fraction of sp³-hybridized carbons (Fsp3) is 0.958. The Hall–Kier alpha value is -0.530. The summed E-state index contributed by atoms with van der Waals surface area (Å²) < 4.78 is 5.41. The second-order valence-corrected chi connectivity index (χ2v) is 9.80. The number of carbonyl (C=O) groups excluding carboxylic acids is 1. The van der Waals surface area contributed by atoms with Crippen LogP contribution in [0.15, 0.2) is 0 Å². The molecular weight excluding hydrogens is 320 g/mol. The molecule has 3 rings (SSSR count). The summed E-state index contributed by atoms with van der Waals surface area (Å²) in [5.74, 6) is 4.88. The fourth-order valence-corrected chi connectivity index (χ4v) is 6.26. The minimum Gasteiger partial charge on any atom is -0.463 e. The Balaban J connectivity index is 1.29. The average molecular weight is 363 g/mol. The van der Waals surface area contributed by atoms with Gasteiger partial charge in [-0.05, 0) is 68.1 Å². The maximum Gasteiger partial charge on any atom is 0.302 e. The number of hydrogen-bond acceptors (Lipinski definition) is 2. The molecule has 3 aliphatic carbocycles. The summed E-state index contributed by atoms with van der Waals surface area (Å²) in [6.45, 7) is 3.91. The van der Waals surface area contributed by atoms with Gasteiger partial charge in [-0.15, -0.1) is 0 Å². The predicted molar refractivity (Wildman–Crippen MR) is 108 cm³/mol. The Morgan fingerprint density at radius 2 is 1.12 bits per heavy atom. The van der Waals surface area contributed by atoms with Gasteiger partial charge in [0.15, 0.2) is 0 Å². The van der Waals surface area contributed by atoms with Crippen LogP contribution in [0.25, 0.3) is 0 Å². The van der Waals surface area contributed by atoms with Crippen molar-refractivity contribution in [3.05, 3.63) is 0 Å². The first-order valence-electron chi connectivity index (χ1n) is 11.8. The minimum atomic E-state index is -0.0999. The molecule has 0 aromatic rings. The molecule has 0 radical (unpaired) electrons. The van der Waals surface area contributed by atoms with Gasteiger partial charge in [-0.1, -0.05) is 64.7 Å². The molecule has 3 aliphatic rings. The molecule has 0 amide bonds. The van der Waals surface area contributed by atoms with Crippen LogP contribution < -0.4 is 0 Å². The first-order valence-corrected chi connectivity index (χ1v) is 11.8. The van der Waals surface area contributed by atoms with E-state index in [0.29, 0.717) is 0 Å². The van der Waals surface area contributed by atoms with E-state index >= 15 is 0 Å². The highest BCUT2D eigenvalue weighted by Crippen LogP contribution is 2.42. The first-order chi connectivity index (χ1) is 12.6. The molecular formula is C24H42O2. The lowest BCUT2D eigenvalue weighted by Crippen LogP contribution is -2.29. The molecule has 150 valence electrons. The van der Waals surface area contributed by atoms with Crippen LogP contribution in [0.3, 0.4) is 0 Å². The number of esters is 1. The average Bonchev–Trinajstić information content (AvgIpc) is 2.67. The van der Waals surface area contributed by atoms with E-state index in [9.17, 15) is 4.79 Å². The second kappa shape index (κ2) is 10.1. The topological polar surface area (TPSA) is 26.3 Å². The molecule has 0 aliphatic heterocycles. The van der Waals surface area contributed by atoms with Crippen LogP contribution in [-0.2, 0) is 9.53 Å². The van der Waals surface area contributed by atoms with E-state index in [4.69, 9.17) is 4.74 Å².